The van der Waals surface area contributed by atoms with Crippen LogP contribution in [0.5, 0.6) is 11.5 Å². The van der Waals surface area contributed by atoms with E-state index in [1.165, 1.54) is 0 Å². The molecule has 0 spiro atoms. The lowest BCUT2D eigenvalue weighted by Gasteiger charge is -2.32. The molecule has 3 aromatic rings. The molecule has 29 heavy (non-hydrogen) atoms. The van der Waals surface area contributed by atoms with Crippen molar-refractivity contribution in [2.24, 2.45) is 0 Å². The Morgan fingerprint density at radius 2 is 1.93 bits per heavy atom. The van der Waals surface area contributed by atoms with E-state index in [-0.39, 0.29) is 18.5 Å². The van der Waals surface area contributed by atoms with E-state index in [0.717, 1.165) is 41.7 Å². The second-order valence-electron chi connectivity index (χ2n) is 7.56. The number of benzene rings is 2. The second kappa shape index (κ2) is 7.33. The van der Waals surface area contributed by atoms with Crippen LogP contribution in [-0.2, 0) is 6.54 Å². The quantitative estimate of drug-likeness (QED) is 0.632. The molecular formula is C22H23N3O4. The number of aromatic amines is 1. The van der Waals surface area contributed by atoms with Crippen molar-refractivity contribution in [1.82, 2.24) is 4.98 Å². The van der Waals surface area contributed by atoms with Crippen LogP contribution in [0.3, 0.4) is 0 Å². The van der Waals surface area contributed by atoms with Crippen molar-refractivity contribution in [3.63, 3.8) is 0 Å². The molecule has 0 aliphatic carbocycles. The first-order valence-electron chi connectivity index (χ1n) is 9.88. The minimum atomic E-state index is -0.251. The van der Waals surface area contributed by atoms with Crippen LogP contribution < -0.4 is 25.2 Å². The fourth-order valence-corrected chi connectivity index (χ4v) is 3.95. The zero-order valence-corrected chi connectivity index (χ0v) is 16.0. The average molecular weight is 393 g/mol. The third-order valence-corrected chi connectivity index (χ3v) is 5.53. The summed E-state index contributed by atoms with van der Waals surface area (Å²) in [7, 11) is 0. The number of nitrogens with one attached hydrogen (secondary N) is 2. The predicted molar refractivity (Wildman–Crippen MR) is 112 cm³/mol. The number of fused-ring (bicyclic) bond motifs is 2. The van der Waals surface area contributed by atoms with Gasteiger partial charge in [-0.2, -0.15) is 0 Å². The second-order valence-corrected chi connectivity index (χ2v) is 7.56. The Labute approximate surface area is 167 Å². The van der Waals surface area contributed by atoms with Crippen molar-refractivity contribution >= 4 is 22.3 Å². The average Bonchev–Trinajstić information content (AvgIpc) is 3.18. The first-order valence-corrected chi connectivity index (χ1v) is 9.88. The van der Waals surface area contributed by atoms with E-state index >= 15 is 0 Å². The van der Waals surface area contributed by atoms with Crippen molar-refractivity contribution in [3.8, 4) is 11.5 Å². The van der Waals surface area contributed by atoms with E-state index in [0.29, 0.717) is 30.2 Å². The van der Waals surface area contributed by atoms with Gasteiger partial charge in [-0.05, 0) is 49.2 Å². The molecule has 0 saturated carbocycles. The molecule has 1 aromatic heterocycles. The number of rotatable bonds is 4. The number of β-amino-alcohol motifs (C(OH)–C–C–N with tert-alkyl or cyclic N) is 1. The number of H-pyrrole nitrogens is 1. The van der Waals surface area contributed by atoms with Gasteiger partial charge in [-0.1, -0.05) is 0 Å². The standard InChI is InChI=1S/C22H23N3O4/c26-18-2-1-7-25(12-18)17-5-3-16(4-6-17)23-11-15-8-14-9-20-21(29-13-28-20)10-19(14)24-22(15)27/h3-6,8-10,18,23,26H,1-2,7,11-13H2,(H,24,27)/t18-/m0/s1. The van der Waals surface area contributed by atoms with Crippen LogP contribution in [0.25, 0.3) is 10.9 Å². The maximum Gasteiger partial charge on any atom is 0.253 e. The highest BCUT2D eigenvalue weighted by atomic mass is 16.7. The Bertz CT molecular complexity index is 1090. The van der Waals surface area contributed by atoms with E-state index in [9.17, 15) is 9.90 Å². The maximum absolute atomic E-state index is 12.4. The van der Waals surface area contributed by atoms with Crippen molar-refractivity contribution in [1.29, 1.82) is 0 Å². The van der Waals surface area contributed by atoms with E-state index in [2.05, 4.69) is 15.2 Å². The fraction of sp³-hybridized carbons (Fsp3) is 0.318. The highest BCUT2D eigenvalue weighted by Crippen LogP contribution is 2.35. The van der Waals surface area contributed by atoms with Gasteiger partial charge in [0, 0.05) is 48.0 Å². The highest BCUT2D eigenvalue weighted by molar-refractivity contribution is 5.83. The molecule has 3 heterocycles. The van der Waals surface area contributed by atoms with Gasteiger partial charge in [-0.3, -0.25) is 4.79 Å². The van der Waals surface area contributed by atoms with Gasteiger partial charge < -0.3 is 29.8 Å². The molecule has 2 aromatic carbocycles. The Balaban J connectivity index is 1.30. The number of hydrogen-bond acceptors (Lipinski definition) is 6. The number of aromatic nitrogens is 1. The Kier molecular flexibility index (Phi) is 4.52. The minimum absolute atomic E-state index is 0.122. The van der Waals surface area contributed by atoms with Gasteiger partial charge in [0.1, 0.15) is 0 Å². The van der Waals surface area contributed by atoms with Crippen molar-refractivity contribution < 1.29 is 14.6 Å². The molecule has 1 saturated heterocycles. The van der Waals surface area contributed by atoms with E-state index in [4.69, 9.17) is 9.47 Å². The number of anilines is 2. The molecular weight excluding hydrogens is 370 g/mol. The van der Waals surface area contributed by atoms with Crippen LogP contribution in [0.4, 0.5) is 11.4 Å². The third kappa shape index (κ3) is 3.61. The summed E-state index contributed by atoms with van der Waals surface area (Å²) in [4.78, 5) is 17.6. The van der Waals surface area contributed by atoms with Gasteiger partial charge in [-0.25, -0.2) is 0 Å². The van der Waals surface area contributed by atoms with Crippen LogP contribution in [0, 0.1) is 0 Å². The smallest absolute Gasteiger partial charge is 0.253 e. The van der Waals surface area contributed by atoms with E-state index < -0.39 is 0 Å². The largest absolute Gasteiger partial charge is 0.454 e. The molecule has 7 nitrogen and oxygen atoms in total. The summed E-state index contributed by atoms with van der Waals surface area (Å²) in [6, 6.07) is 13.7. The Hall–Kier alpha value is -3.19. The van der Waals surface area contributed by atoms with Gasteiger partial charge >= 0.3 is 0 Å². The zero-order valence-electron chi connectivity index (χ0n) is 16.0. The Morgan fingerprint density at radius 3 is 2.72 bits per heavy atom. The van der Waals surface area contributed by atoms with Crippen LogP contribution in [0.15, 0.2) is 47.3 Å². The lowest BCUT2D eigenvalue weighted by Crippen LogP contribution is -2.38. The SMILES string of the molecule is O=c1[nH]c2cc3c(cc2cc1CNc1ccc(N2CCC[C@H](O)C2)cc1)OCO3. The number of piperidine rings is 1. The van der Waals surface area contributed by atoms with Gasteiger partial charge in [0.25, 0.3) is 5.56 Å². The summed E-state index contributed by atoms with van der Waals surface area (Å²) < 4.78 is 10.8. The third-order valence-electron chi connectivity index (χ3n) is 5.53. The van der Waals surface area contributed by atoms with E-state index in [1.807, 2.05) is 36.4 Å². The molecule has 0 amide bonds. The molecule has 1 fully saturated rings. The maximum atomic E-state index is 12.4. The van der Waals surface area contributed by atoms with Gasteiger partial charge in [0.2, 0.25) is 6.79 Å². The first kappa shape index (κ1) is 17.9. The zero-order chi connectivity index (χ0) is 19.8. The number of aliphatic hydroxyl groups is 1. The molecule has 2 aliphatic rings. The molecule has 2 aliphatic heterocycles. The molecule has 7 heteroatoms. The Morgan fingerprint density at radius 1 is 1.14 bits per heavy atom. The lowest BCUT2D eigenvalue weighted by atomic mass is 10.1. The minimum Gasteiger partial charge on any atom is -0.454 e. The van der Waals surface area contributed by atoms with Crippen LogP contribution in [0.1, 0.15) is 18.4 Å². The van der Waals surface area contributed by atoms with Crippen LogP contribution >= 0.6 is 0 Å². The molecule has 3 N–H and O–H groups in total. The summed E-state index contributed by atoms with van der Waals surface area (Å²) in [5, 5.41) is 14.1. The number of ether oxygens (including phenoxy) is 2. The van der Waals surface area contributed by atoms with Crippen molar-refractivity contribution in [2.45, 2.75) is 25.5 Å². The summed E-state index contributed by atoms with van der Waals surface area (Å²) in [5.74, 6) is 1.35. The lowest BCUT2D eigenvalue weighted by molar-refractivity contribution is 0.154. The fourth-order valence-electron chi connectivity index (χ4n) is 3.95. The number of pyridine rings is 1. The number of nitrogens with zero attached hydrogens (tertiary/aromatic N) is 1. The molecule has 0 bridgehead atoms. The topological polar surface area (TPSA) is 86.8 Å². The van der Waals surface area contributed by atoms with Gasteiger partial charge in [0.05, 0.1) is 11.6 Å². The highest BCUT2D eigenvalue weighted by Gasteiger charge is 2.18. The van der Waals surface area contributed by atoms with E-state index in [1.54, 1.807) is 6.07 Å². The molecule has 150 valence electrons. The predicted octanol–water partition coefficient (Wildman–Crippen LogP) is 2.83. The molecule has 1 atom stereocenters. The number of aliphatic hydroxyl groups excluding tert-OH is 1. The van der Waals surface area contributed by atoms with Crippen LogP contribution in [-0.4, -0.2) is 36.1 Å². The first-order chi connectivity index (χ1) is 14.2. The van der Waals surface area contributed by atoms with Crippen molar-refractivity contribution in [3.05, 3.63) is 58.4 Å². The number of hydrogen-bond donors (Lipinski definition) is 3. The summed E-state index contributed by atoms with van der Waals surface area (Å²) in [5.41, 5.74) is 3.31. The molecule has 0 unspecified atom stereocenters. The molecule has 0 radical (unpaired) electrons. The van der Waals surface area contributed by atoms with Gasteiger partial charge in [-0.15, -0.1) is 0 Å². The summed E-state index contributed by atoms with van der Waals surface area (Å²) in [6.45, 7) is 2.27. The normalized spacial score (nSPS) is 18.2. The monoisotopic (exact) mass is 393 g/mol. The van der Waals surface area contributed by atoms with Gasteiger partial charge in [0.15, 0.2) is 11.5 Å². The van der Waals surface area contributed by atoms with Crippen molar-refractivity contribution in [2.75, 3.05) is 30.1 Å². The molecule has 5 rings (SSSR count). The summed E-state index contributed by atoms with van der Waals surface area (Å²) in [6.07, 6.45) is 1.63. The summed E-state index contributed by atoms with van der Waals surface area (Å²) >= 11 is 0. The van der Waals surface area contributed by atoms with Crippen LogP contribution in [0.2, 0.25) is 0 Å².